The normalized spacial score (nSPS) is 14.2. The molecule has 1 fully saturated rings. The Balaban J connectivity index is 0.000000461. The monoisotopic (exact) mass is 472 g/mol. The number of para-hydroxylation sites is 1. The summed E-state index contributed by atoms with van der Waals surface area (Å²) in [6.45, 7) is 6.02. The van der Waals surface area contributed by atoms with Gasteiger partial charge in [0.15, 0.2) is 5.65 Å². The van der Waals surface area contributed by atoms with E-state index in [4.69, 9.17) is 5.11 Å². The summed E-state index contributed by atoms with van der Waals surface area (Å²) in [6.07, 6.45) is 9.01. The molecule has 2 heterocycles. The Hall–Kier alpha value is -2.54. The average molecular weight is 473 g/mol. The fraction of sp³-hybridized carbons (Fsp3) is 0.391. The van der Waals surface area contributed by atoms with Crippen LogP contribution >= 0.6 is 15.9 Å². The number of aromatic nitrogens is 3. The molecule has 0 saturated heterocycles. The summed E-state index contributed by atoms with van der Waals surface area (Å²) in [5, 5.41) is 26.3. The minimum atomic E-state index is 0.230. The highest BCUT2D eigenvalue weighted by Gasteiger charge is 2.16. The van der Waals surface area contributed by atoms with E-state index < -0.39 is 0 Å². The maximum Gasteiger partial charge on any atom is 0.172 e. The number of phenolic OH excluding ortho intramolecular Hbond substituents is 1. The van der Waals surface area contributed by atoms with E-state index in [1.54, 1.807) is 12.3 Å². The van der Waals surface area contributed by atoms with Crippen LogP contribution in [0.5, 0.6) is 5.75 Å². The molecule has 0 unspecified atom stereocenters. The summed E-state index contributed by atoms with van der Waals surface area (Å²) in [5.74, 6) is 2.10. The van der Waals surface area contributed by atoms with Gasteiger partial charge in [0.25, 0.3) is 0 Å². The zero-order chi connectivity index (χ0) is 21.5. The first-order valence-electron chi connectivity index (χ1n) is 10.4. The second-order valence-electron chi connectivity index (χ2n) is 7.58. The molecule has 0 bridgehead atoms. The minimum Gasteiger partial charge on any atom is -0.513 e. The molecular formula is C23H29BrN4O2. The zero-order valence-electron chi connectivity index (χ0n) is 17.3. The van der Waals surface area contributed by atoms with Crippen molar-refractivity contribution in [3.63, 3.8) is 0 Å². The van der Waals surface area contributed by atoms with E-state index in [0.717, 1.165) is 33.7 Å². The largest absolute Gasteiger partial charge is 0.513 e. The number of rotatable bonds is 5. The van der Waals surface area contributed by atoms with Crippen LogP contribution in [-0.2, 0) is 0 Å². The number of nitrogens with zero attached hydrogens (tertiary/aromatic N) is 3. The number of aliphatic hydroxyl groups is 1. The van der Waals surface area contributed by atoms with Crippen molar-refractivity contribution in [3.8, 4) is 17.0 Å². The molecule has 1 saturated carbocycles. The highest BCUT2D eigenvalue weighted by molar-refractivity contribution is 9.10. The summed E-state index contributed by atoms with van der Waals surface area (Å²) in [4.78, 5) is 4.67. The Kier molecular flexibility index (Phi) is 7.74. The second kappa shape index (κ2) is 10.5. The van der Waals surface area contributed by atoms with Crippen LogP contribution in [0.15, 0.2) is 53.3 Å². The van der Waals surface area contributed by atoms with Crippen molar-refractivity contribution in [2.24, 2.45) is 5.92 Å². The second-order valence-corrected chi connectivity index (χ2v) is 8.43. The van der Waals surface area contributed by atoms with Gasteiger partial charge in [0.05, 0.1) is 22.1 Å². The lowest BCUT2D eigenvalue weighted by atomic mass is 9.89. The van der Waals surface area contributed by atoms with Crippen molar-refractivity contribution in [1.82, 2.24) is 14.6 Å². The van der Waals surface area contributed by atoms with E-state index in [1.807, 2.05) is 35.7 Å². The van der Waals surface area contributed by atoms with Gasteiger partial charge < -0.3 is 15.5 Å². The first kappa shape index (κ1) is 22.2. The lowest BCUT2D eigenvalue weighted by molar-refractivity contribution is 0.373. The molecule has 2 aromatic heterocycles. The molecule has 160 valence electrons. The number of phenols is 1. The van der Waals surface area contributed by atoms with Crippen molar-refractivity contribution in [1.29, 1.82) is 0 Å². The van der Waals surface area contributed by atoms with Crippen LogP contribution in [0.1, 0.15) is 45.4 Å². The number of hydrogen-bond donors (Lipinski definition) is 3. The standard InChI is InChI=1S/C19H21BrN4O.C4H8O/c20-15-12-22-24-18(21-11-13-6-2-1-3-7-13)10-16(23-19(15)24)14-8-4-5-9-17(14)25;1-3-4(2)5/h4-5,8-10,12-13,21,25H,1-3,6-7,11H2;5H,2-3H2,1H3. The molecule has 6 nitrogen and oxygen atoms in total. The number of aliphatic hydroxyl groups excluding tert-OH is 1. The topological polar surface area (TPSA) is 82.7 Å². The van der Waals surface area contributed by atoms with Crippen molar-refractivity contribution < 1.29 is 10.2 Å². The maximum atomic E-state index is 10.2. The molecule has 1 aliphatic carbocycles. The summed E-state index contributed by atoms with van der Waals surface area (Å²) in [5.41, 5.74) is 2.20. The molecule has 3 N–H and O–H groups in total. The molecule has 0 atom stereocenters. The lowest BCUT2D eigenvalue weighted by Crippen LogP contribution is -2.18. The van der Waals surface area contributed by atoms with Gasteiger partial charge in [-0.25, -0.2) is 4.98 Å². The smallest absolute Gasteiger partial charge is 0.172 e. The quantitative estimate of drug-likeness (QED) is 0.378. The first-order valence-corrected chi connectivity index (χ1v) is 11.2. The van der Waals surface area contributed by atoms with E-state index >= 15 is 0 Å². The summed E-state index contributed by atoms with van der Waals surface area (Å²) in [7, 11) is 0. The number of fused-ring (bicyclic) bond motifs is 1. The van der Waals surface area contributed by atoms with Gasteiger partial charge in [0.1, 0.15) is 11.6 Å². The molecule has 0 amide bonds. The number of anilines is 1. The first-order chi connectivity index (χ1) is 14.5. The fourth-order valence-electron chi connectivity index (χ4n) is 3.53. The maximum absolute atomic E-state index is 10.2. The van der Waals surface area contributed by atoms with E-state index in [-0.39, 0.29) is 11.5 Å². The van der Waals surface area contributed by atoms with Crippen molar-refractivity contribution in [3.05, 3.63) is 53.3 Å². The number of nitrogens with one attached hydrogen (secondary N) is 1. The highest BCUT2D eigenvalue weighted by Crippen LogP contribution is 2.31. The van der Waals surface area contributed by atoms with Gasteiger partial charge in [-0.15, -0.1) is 0 Å². The third-order valence-electron chi connectivity index (χ3n) is 5.31. The third-order valence-corrected chi connectivity index (χ3v) is 5.87. The van der Waals surface area contributed by atoms with Crippen molar-refractivity contribution in [2.75, 3.05) is 11.9 Å². The zero-order valence-corrected chi connectivity index (χ0v) is 18.9. The Labute approximate surface area is 185 Å². The van der Waals surface area contributed by atoms with Gasteiger partial charge in [0, 0.05) is 24.6 Å². The molecule has 0 aliphatic heterocycles. The Morgan fingerprint density at radius 3 is 2.63 bits per heavy atom. The van der Waals surface area contributed by atoms with Gasteiger partial charge in [0.2, 0.25) is 0 Å². The summed E-state index contributed by atoms with van der Waals surface area (Å²) >= 11 is 3.52. The molecule has 0 spiro atoms. The van der Waals surface area contributed by atoms with E-state index in [1.165, 1.54) is 32.1 Å². The number of hydrogen-bond acceptors (Lipinski definition) is 5. The molecule has 30 heavy (non-hydrogen) atoms. The average Bonchev–Trinajstić information content (AvgIpc) is 3.14. The molecule has 4 rings (SSSR count). The molecule has 1 aliphatic rings. The van der Waals surface area contributed by atoms with Gasteiger partial charge in [-0.3, -0.25) is 0 Å². The van der Waals surface area contributed by atoms with E-state index in [9.17, 15) is 5.11 Å². The number of aromatic hydroxyl groups is 1. The predicted molar refractivity (Wildman–Crippen MR) is 125 cm³/mol. The minimum absolute atomic E-state index is 0.230. The van der Waals surface area contributed by atoms with Crippen LogP contribution in [0.4, 0.5) is 5.82 Å². The third kappa shape index (κ3) is 5.53. The Morgan fingerprint density at radius 1 is 1.27 bits per heavy atom. The lowest BCUT2D eigenvalue weighted by Gasteiger charge is -2.22. The van der Waals surface area contributed by atoms with Crippen LogP contribution in [0.3, 0.4) is 0 Å². The number of allylic oxidation sites excluding steroid dienone is 1. The van der Waals surface area contributed by atoms with Crippen LogP contribution < -0.4 is 5.32 Å². The molecule has 1 aromatic carbocycles. The molecule has 0 radical (unpaired) electrons. The van der Waals surface area contributed by atoms with Crippen molar-refractivity contribution in [2.45, 2.75) is 45.4 Å². The Bertz CT molecular complexity index is 996. The molecule has 3 aromatic rings. The predicted octanol–water partition coefficient (Wildman–Crippen LogP) is 6.32. The van der Waals surface area contributed by atoms with Crippen LogP contribution in [0.2, 0.25) is 0 Å². The summed E-state index contributed by atoms with van der Waals surface area (Å²) < 4.78 is 2.65. The van der Waals surface area contributed by atoms with Crippen molar-refractivity contribution >= 4 is 27.4 Å². The van der Waals surface area contributed by atoms with Gasteiger partial charge in [-0.1, -0.05) is 44.9 Å². The highest BCUT2D eigenvalue weighted by atomic mass is 79.9. The van der Waals surface area contributed by atoms with Gasteiger partial charge >= 0.3 is 0 Å². The Morgan fingerprint density at radius 2 is 1.97 bits per heavy atom. The van der Waals surface area contributed by atoms with Crippen LogP contribution in [0, 0.1) is 5.92 Å². The van der Waals surface area contributed by atoms with E-state index in [2.05, 4.69) is 37.9 Å². The fourth-order valence-corrected chi connectivity index (χ4v) is 3.88. The molecular weight excluding hydrogens is 444 g/mol. The number of halogens is 1. The van der Waals surface area contributed by atoms with Gasteiger partial charge in [-0.2, -0.15) is 9.61 Å². The van der Waals surface area contributed by atoms with Crippen LogP contribution in [0.25, 0.3) is 16.9 Å². The SMILES string of the molecule is C=C(O)CC.Oc1ccccc1-c1cc(NCC2CCCCC2)n2ncc(Br)c2n1. The van der Waals surface area contributed by atoms with Gasteiger partial charge in [-0.05, 0) is 46.8 Å². The molecule has 7 heteroatoms. The van der Waals surface area contributed by atoms with E-state index in [0.29, 0.717) is 12.3 Å². The van der Waals surface area contributed by atoms with Crippen LogP contribution in [-0.4, -0.2) is 31.4 Å². The summed E-state index contributed by atoms with van der Waals surface area (Å²) in [6, 6.07) is 9.24. The number of benzene rings is 1.